The van der Waals surface area contributed by atoms with E-state index in [1.807, 2.05) is 13.0 Å². The van der Waals surface area contributed by atoms with E-state index in [9.17, 15) is 23.6 Å². The molecular formula is C28H29F2N5O2. The molecule has 1 aliphatic carbocycles. The van der Waals surface area contributed by atoms with E-state index in [1.165, 1.54) is 24.4 Å². The summed E-state index contributed by atoms with van der Waals surface area (Å²) in [6.45, 7) is 2.60. The molecule has 4 aliphatic rings. The number of amides is 1. The van der Waals surface area contributed by atoms with Crippen LogP contribution in [0.4, 0.5) is 8.78 Å². The van der Waals surface area contributed by atoms with E-state index in [0.29, 0.717) is 35.4 Å². The number of alkyl halides is 1. The molecule has 3 aliphatic heterocycles. The van der Waals surface area contributed by atoms with Crippen LogP contribution in [0, 0.1) is 28.5 Å². The number of carbonyl (C=O) groups is 2. The van der Waals surface area contributed by atoms with Gasteiger partial charge >= 0.3 is 0 Å². The number of allylic oxidation sites excluding steroid dienone is 4. The van der Waals surface area contributed by atoms with E-state index in [2.05, 4.69) is 22.0 Å². The number of nitrogens with zero attached hydrogens (tertiary/aromatic N) is 2. The van der Waals surface area contributed by atoms with Crippen molar-refractivity contribution in [1.82, 2.24) is 20.9 Å². The molecule has 1 saturated heterocycles. The lowest BCUT2D eigenvalue weighted by Gasteiger charge is -2.27. The van der Waals surface area contributed by atoms with Gasteiger partial charge in [-0.25, -0.2) is 8.78 Å². The summed E-state index contributed by atoms with van der Waals surface area (Å²) in [7, 11) is 0. The van der Waals surface area contributed by atoms with E-state index in [4.69, 9.17) is 0 Å². The molecule has 1 aromatic rings. The van der Waals surface area contributed by atoms with Crippen LogP contribution in [-0.2, 0) is 16.1 Å². The zero-order valence-electron chi connectivity index (χ0n) is 20.6. The number of carbonyl (C=O) groups excluding carboxylic acids is 2. The topological polar surface area (TPSA) is 97.3 Å². The molecule has 0 radical (unpaired) electrons. The van der Waals surface area contributed by atoms with Gasteiger partial charge in [-0.2, -0.15) is 5.26 Å². The normalized spacial score (nSPS) is 27.0. The van der Waals surface area contributed by atoms with Gasteiger partial charge in [0.05, 0.1) is 12.6 Å². The van der Waals surface area contributed by atoms with Gasteiger partial charge in [0, 0.05) is 30.7 Å². The summed E-state index contributed by atoms with van der Waals surface area (Å²) in [6, 6.07) is 6.23. The van der Waals surface area contributed by atoms with Crippen LogP contribution in [0.1, 0.15) is 37.3 Å². The first kappa shape index (κ1) is 24.9. The highest BCUT2D eigenvalue weighted by molar-refractivity contribution is 5.92. The molecule has 9 heteroatoms. The molecule has 3 unspecified atom stereocenters. The van der Waals surface area contributed by atoms with Crippen LogP contribution in [0.5, 0.6) is 0 Å². The first-order chi connectivity index (χ1) is 17.8. The summed E-state index contributed by atoms with van der Waals surface area (Å²) in [4.78, 5) is 27.8. The fourth-order valence-electron chi connectivity index (χ4n) is 5.24. The number of nitrogens with one attached hydrogen (secondary N) is 3. The summed E-state index contributed by atoms with van der Waals surface area (Å²) in [5.41, 5.74) is 2.39. The molecule has 37 heavy (non-hydrogen) atoms. The summed E-state index contributed by atoms with van der Waals surface area (Å²) in [5, 5.41) is 18.5. The number of benzene rings is 1. The second-order valence-electron chi connectivity index (χ2n) is 10.1. The lowest BCUT2D eigenvalue weighted by atomic mass is 9.82. The molecule has 3 atom stereocenters. The molecule has 1 amide bonds. The molecule has 192 valence electrons. The average Bonchev–Trinajstić information content (AvgIpc) is 3.67. The number of halogens is 2. The fraction of sp³-hybridized carbons (Fsp3) is 0.393. The van der Waals surface area contributed by atoms with Crippen molar-refractivity contribution in [3.8, 4) is 6.07 Å². The van der Waals surface area contributed by atoms with Crippen molar-refractivity contribution in [2.45, 2.75) is 45.1 Å². The van der Waals surface area contributed by atoms with Gasteiger partial charge in [-0.15, -0.1) is 0 Å². The smallest absolute Gasteiger partial charge is 0.247 e. The van der Waals surface area contributed by atoms with Crippen molar-refractivity contribution >= 4 is 17.3 Å². The maximum Gasteiger partial charge on any atom is 0.247 e. The summed E-state index contributed by atoms with van der Waals surface area (Å²) in [6.07, 6.45) is 9.09. The summed E-state index contributed by atoms with van der Waals surface area (Å²) >= 11 is 0. The standard InChI is InChI=1S/C28H29F2N5O2/c1-17-8-23(35-7-6-28(16-31,27(35)37)21-3-4-21)12-24(34-17)25(36)15-32-13-18-9-20(11-22(29)10-18)19-2-5-26(30)33-14-19/h2,5,8-12,14,21,24,26,32-34H,3-4,6-7,13,15H2,1H3. The lowest BCUT2D eigenvalue weighted by Crippen LogP contribution is -2.43. The third-order valence-corrected chi connectivity index (χ3v) is 7.34. The van der Waals surface area contributed by atoms with Crippen LogP contribution in [0.25, 0.3) is 5.57 Å². The molecule has 0 bridgehead atoms. The Bertz CT molecular complexity index is 1290. The van der Waals surface area contributed by atoms with E-state index < -0.39 is 23.6 Å². The Labute approximate surface area is 214 Å². The number of likely N-dealkylation sites (tertiary alicyclic amines) is 1. The Morgan fingerprint density at radius 3 is 2.84 bits per heavy atom. The molecule has 3 heterocycles. The highest BCUT2D eigenvalue weighted by Gasteiger charge is 2.57. The minimum absolute atomic E-state index is 0.0341. The molecule has 1 saturated carbocycles. The number of hydrogen-bond acceptors (Lipinski definition) is 6. The quantitative estimate of drug-likeness (QED) is 0.470. The predicted octanol–water partition coefficient (Wildman–Crippen LogP) is 3.19. The predicted molar refractivity (Wildman–Crippen MR) is 134 cm³/mol. The molecular weight excluding hydrogens is 476 g/mol. The van der Waals surface area contributed by atoms with Gasteiger partial charge in [-0.1, -0.05) is 6.08 Å². The van der Waals surface area contributed by atoms with Gasteiger partial charge in [0.2, 0.25) is 5.91 Å². The molecule has 0 spiro atoms. The van der Waals surface area contributed by atoms with Gasteiger partial charge in [-0.05, 0) is 85.2 Å². The minimum Gasteiger partial charge on any atom is -0.376 e. The summed E-state index contributed by atoms with van der Waals surface area (Å²) < 4.78 is 27.5. The van der Waals surface area contributed by atoms with Gasteiger partial charge in [0.1, 0.15) is 17.3 Å². The fourth-order valence-corrected chi connectivity index (χ4v) is 5.24. The van der Waals surface area contributed by atoms with Gasteiger partial charge in [0.25, 0.3) is 0 Å². The molecule has 3 N–H and O–H groups in total. The number of nitriles is 1. The second-order valence-corrected chi connectivity index (χ2v) is 10.1. The Balaban J connectivity index is 1.22. The third-order valence-electron chi connectivity index (χ3n) is 7.34. The van der Waals surface area contributed by atoms with Gasteiger partial charge < -0.3 is 20.9 Å². The van der Waals surface area contributed by atoms with Crippen LogP contribution < -0.4 is 16.0 Å². The maximum atomic E-state index is 14.2. The van der Waals surface area contributed by atoms with E-state index in [-0.39, 0.29) is 30.7 Å². The van der Waals surface area contributed by atoms with Crippen LogP contribution in [0.3, 0.4) is 0 Å². The summed E-state index contributed by atoms with van der Waals surface area (Å²) in [5.74, 6) is -0.580. The first-order valence-corrected chi connectivity index (χ1v) is 12.5. The third kappa shape index (κ3) is 5.07. The highest BCUT2D eigenvalue weighted by Crippen LogP contribution is 2.52. The van der Waals surface area contributed by atoms with E-state index in [0.717, 1.165) is 18.5 Å². The van der Waals surface area contributed by atoms with Crippen LogP contribution in [0.2, 0.25) is 0 Å². The first-order valence-electron chi connectivity index (χ1n) is 12.5. The average molecular weight is 506 g/mol. The van der Waals surface area contributed by atoms with Crippen molar-refractivity contribution < 1.29 is 18.4 Å². The Hall–Kier alpha value is -3.77. The number of ketones is 1. The van der Waals surface area contributed by atoms with Crippen LogP contribution in [0.15, 0.2) is 60.1 Å². The van der Waals surface area contributed by atoms with E-state index >= 15 is 0 Å². The highest BCUT2D eigenvalue weighted by atomic mass is 19.1. The Morgan fingerprint density at radius 2 is 2.14 bits per heavy atom. The minimum atomic E-state index is -1.26. The maximum absolute atomic E-state index is 14.2. The van der Waals surface area contributed by atoms with Gasteiger partial charge in [0.15, 0.2) is 12.1 Å². The monoisotopic (exact) mass is 505 g/mol. The molecule has 7 nitrogen and oxygen atoms in total. The van der Waals surface area contributed by atoms with Gasteiger partial charge in [-0.3, -0.25) is 9.59 Å². The zero-order valence-corrected chi connectivity index (χ0v) is 20.6. The number of Topliss-reactive ketones (excluding diaryl/α,β-unsaturated/α-hetero) is 1. The lowest BCUT2D eigenvalue weighted by molar-refractivity contribution is -0.132. The number of dihydropyridines is 2. The number of rotatable bonds is 8. The molecule has 1 aromatic carbocycles. The Morgan fingerprint density at radius 1 is 1.32 bits per heavy atom. The largest absolute Gasteiger partial charge is 0.376 e. The second kappa shape index (κ2) is 9.94. The zero-order chi connectivity index (χ0) is 26.2. The van der Waals surface area contributed by atoms with Crippen molar-refractivity contribution in [3.05, 3.63) is 77.0 Å². The van der Waals surface area contributed by atoms with Crippen molar-refractivity contribution in [1.29, 1.82) is 5.26 Å². The molecule has 2 fully saturated rings. The molecule has 5 rings (SSSR count). The van der Waals surface area contributed by atoms with Crippen molar-refractivity contribution in [2.75, 3.05) is 13.1 Å². The van der Waals surface area contributed by atoms with Crippen molar-refractivity contribution in [3.63, 3.8) is 0 Å². The SMILES string of the molecule is CC1=CC(N2CCC(C#N)(C3CC3)C2=O)=CC(C(=O)CNCc2cc(F)cc(C3=CNC(F)C=C3)c2)N1. The Kier molecular flexibility index (Phi) is 6.69. The van der Waals surface area contributed by atoms with Crippen LogP contribution in [-0.4, -0.2) is 42.0 Å². The van der Waals surface area contributed by atoms with Crippen LogP contribution >= 0.6 is 0 Å². The van der Waals surface area contributed by atoms with Crippen molar-refractivity contribution in [2.24, 2.45) is 11.3 Å². The number of hydrogen-bond donors (Lipinski definition) is 3. The molecule has 0 aromatic heterocycles. The van der Waals surface area contributed by atoms with E-state index in [1.54, 1.807) is 23.1 Å².